The van der Waals surface area contributed by atoms with Crippen LogP contribution in [-0.2, 0) is 17.9 Å². The highest BCUT2D eigenvalue weighted by molar-refractivity contribution is 6.35. The molecule has 144 valence electrons. The molecule has 0 saturated heterocycles. The maximum atomic E-state index is 6.63. The smallest absolute Gasteiger partial charge is 0.0946 e. The summed E-state index contributed by atoms with van der Waals surface area (Å²) < 4.78 is 8.80. The Balaban J connectivity index is 1.39. The summed E-state index contributed by atoms with van der Waals surface area (Å²) >= 11 is 12.4. The summed E-state index contributed by atoms with van der Waals surface area (Å²) in [4.78, 5) is 4.24. The fourth-order valence-corrected chi connectivity index (χ4v) is 6.87. The molecule has 0 amide bonds. The van der Waals surface area contributed by atoms with Crippen LogP contribution in [-0.4, -0.2) is 15.7 Å². The molecule has 4 aliphatic carbocycles. The first-order chi connectivity index (χ1) is 13.1. The van der Waals surface area contributed by atoms with Crippen molar-refractivity contribution < 1.29 is 4.74 Å². The number of imidazole rings is 1. The number of halogens is 2. The van der Waals surface area contributed by atoms with Crippen LogP contribution in [0.5, 0.6) is 0 Å². The molecule has 1 atom stereocenters. The van der Waals surface area contributed by atoms with Crippen molar-refractivity contribution in [3.63, 3.8) is 0 Å². The van der Waals surface area contributed by atoms with Gasteiger partial charge >= 0.3 is 0 Å². The zero-order chi connectivity index (χ0) is 18.4. The zero-order valence-electron chi connectivity index (χ0n) is 15.5. The van der Waals surface area contributed by atoms with Crippen molar-refractivity contribution in [2.75, 3.05) is 0 Å². The van der Waals surface area contributed by atoms with Crippen LogP contribution in [0.4, 0.5) is 0 Å². The molecule has 0 N–H and O–H groups in total. The van der Waals surface area contributed by atoms with Gasteiger partial charge in [0, 0.05) is 22.4 Å². The van der Waals surface area contributed by atoms with Gasteiger partial charge in [-0.05, 0) is 79.4 Å². The van der Waals surface area contributed by atoms with Gasteiger partial charge in [0.05, 0.1) is 25.6 Å². The Kier molecular flexibility index (Phi) is 4.74. The SMILES string of the molecule is Clc1ccc(COC(Cn2ccnc2)C23CC4CC(CC(C4)C2)C3)c(Cl)c1. The van der Waals surface area contributed by atoms with Gasteiger partial charge in [-0.25, -0.2) is 4.98 Å². The number of hydrogen-bond acceptors (Lipinski definition) is 2. The van der Waals surface area contributed by atoms with Crippen molar-refractivity contribution in [2.24, 2.45) is 23.2 Å². The molecule has 4 aliphatic rings. The lowest BCUT2D eigenvalue weighted by Crippen LogP contribution is -2.53. The van der Waals surface area contributed by atoms with Crippen LogP contribution in [0.1, 0.15) is 44.1 Å². The maximum absolute atomic E-state index is 6.63. The quantitative estimate of drug-likeness (QED) is 0.590. The van der Waals surface area contributed by atoms with E-state index in [0.717, 1.165) is 29.9 Å². The average Bonchev–Trinajstić information content (AvgIpc) is 3.12. The van der Waals surface area contributed by atoms with Crippen LogP contribution in [0.15, 0.2) is 36.9 Å². The van der Waals surface area contributed by atoms with Crippen LogP contribution in [0.3, 0.4) is 0 Å². The van der Waals surface area contributed by atoms with E-state index in [1.807, 2.05) is 30.9 Å². The van der Waals surface area contributed by atoms with Crippen LogP contribution >= 0.6 is 23.2 Å². The molecule has 4 bridgehead atoms. The molecule has 0 spiro atoms. The van der Waals surface area contributed by atoms with E-state index in [2.05, 4.69) is 9.55 Å². The molecular weight excluding hydrogens is 379 g/mol. The first-order valence-electron chi connectivity index (χ1n) is 10.1. The Labute approximate surface area is 171 Å². The predicted octanol–water partition coefficient (Wildman–Crippen LogP) is 5.99. The van der Waals surface area contributed by atoms with Gasteiger partial charge in [0.2, 0.25) is 0 Å². The van der Waals surface area contributed by atoms with Crippen molar-refractivity contribution >= 4 is 23.2 Å². The second kappa shape index (κ2) is 7.09. The molecule has 3 nitrogen and oxygen atoms in total. The fourth-order valence-electron chi connectivity index (χ4n) is 6.41. The zero-order valence-corrected chi connectivity index (χ0v) is 17.0. The summed E-state index contributed by atoms with van der Waals surface area (Å²) in [5.74, 6) is 2.72. The normalized spacial score (nSPS) is 32.7. The molecule has 6 rings (SSSR count). The minimum Gasteiger partial charge on any atom is -0.371 e. The van der Waals surface area contributed by atoms with Crippen LogP contribution in [0, 0.1) is 23.2 Å². The number of nitrogens with zero attached hydrogens (tertiary/aromatic N) is 2. The molecule has 1 heterocycles. The van der Waals surface area contributed by atoms with Crippen molar-refractivity contribution in [3.8, 4) is 0 Å². The van der Waals surface area contributed by atoms with Gasteiger partial charge in [-0.3, -0.25) is 0 Å². The summed E-state index contributed by atoms with van der Waals surface area (Å²) in [6.45, 7) is 1.41. The molecule has 1 aromatic heterocycles. The van der Waals surface area contributed by atoms with E-state index in [-0.39, 0.29) is 6.10 Å². The van der Waals surface area contributed by atoms with Gasteiger partial charge in [-0.2, -0.15) is 0 Å². The predicted molar refractivity (Wildman–Crippen MR) is 108 cm³/mol. The van der Waals surface area contributed by atoms with Gasteiger partial charge < -0.3 is 9.30 Å². The minimum absolute atomic E-state index is 0.201. The highest BCUT2D eigenvalue weighted by Gasteiger charge is 2.54. The Bertz CT molecular complexity index is 769. The third-order valence-electron chi connectivity index (χ3n) is 7.16. The average molecular weight is 405 g/mol. The Hall–Kier alpha value is -1.03. The molecule has 1 aromatic carbocycles. The number of benzene rings is 1. The Morgan fingerprint density at radius 1 is 1.11 bits per heavy atom. The van der Waals surface area contributed by atoms with Gasteiger partial charge in [-0.1, -0.05) is 29.3 Å². The second-order valence-corrected chi connectivity index (χ2v) is 9.92. The fraction of sp³-hybridized carbons (Fsp3) is 0.591. The molecule has 4 saturated carbocycles. The molecule has 0 aliphatic heterocycles. The van der Waals surface area contributed by atoms with E-state index in [1.165, 1.54) is 38.5 Å². The van der Waals surface area contributed by atoms with E-state index in [9.17, 15) is 0 Å². The largest absolute Gasteiger partial charge is 0.371 e. The number of aromatic nitrogens is 2. The molecule has 1 unspecified atom stereocenters. The molecule has 4 fully saturated rings. The van der Waals surface area contributed by atoms with Crippen LogP contribution in [0.2, 0.25) is 10.0 Å². The van der Waals surface area contributed by atoms with Crippen molar-refractivity contribution in [3.05, 3.63) is 52.5 Å². The lowest BCUT2D eigenvalue weighted by atomic mass is 9.48. The summed E-state index contributed by atoms with van der Waals surface area (Å²) in [5.41, 5.74) is 1.33. The van der Waals surface area contributed by atoms with Gasteiger partial charge in [0.15, 0.2) is 0 Å². The molecule has 2 aromatic rings. The van der Waals surface area contributed by atoms with E-state index < -0.39 is 0 Å². The highest BCUT2D eigenvalue weighted by atomic mass is 35.5. The van der Waals surface area contributed by atoms with Gasteiger partial charge in [0.1, 0.15) is 0 Å². The number of hydrogen-bond donors (Lipinski definition) is 0. The van der Waals surface area contributed by atoms with Gasteiger partial charge in [0.25, 0.3) is 0 Å². The summed E-state index contributed by atoms with van der Waals surface area (Å²) in [6.07, 6.45) is 14.3. The first kappa shape index (κ1) is 18.0. The van der Waals surface area contributed by atoms with Crippen molar-refractivity contribution in [1.29, 1.82) is 0 Å². The monoisotopic (exact) mass is 404 g/mol. The van der Waals surface area contributed by atoms with E-state index in [0.29, 0.717) is 22.1 Å². The molecule has 5 heteroatoms. The first-order valence-corrected chi connectivity index (χ1v) is 10.9. The molecule has 0 radical (unpaired) electrons. The topological polar surface area (TPSA) is 27.1 Å². The number of rotatable bonds is 6. The lowest BCUT2D eigenvalue weighted by Gasteiger charge is -2.59. The number of ether oxygens (including phenoxy) is 1. The van der Waals surface area contributed by atoms with E-state index in [4.69, 9.17) is 27.9 Å². The van der Waals surface area contributed by atoms with Crippen molar-refractivity contribution in [2.45, 2.75) is 57.8 Å². The standard InChI is InChI=1S/C22H26Cl2N2O/c23-19-2-1-18(20(24)8-19)13-27-21(12-26-4-3-25-14-26)22-9-15-5-16(10-22)7-17(6-15)11-22/h1-4,8,14-17,21H,5-7,9-13H2. The van der Waals surface area contributed by atoms with E-state index >= 15 is 0 Å². The van der Waals surface area contributed by atoms with Crippen LogP contribution in [0.25, 0.3) is 0 Å². The summed E-state index contributed by atoms with van der Waals surface area (Å²) in [6, 6.07) is 5.68. The van der Waals surface area contributed by atoms with Crippen molar-refractivity contribution in [1.82, 2.24) is 9.55 Å². The van der Waals surface area contributed by atoms with Gasteiger partial charge in [-0.15, -0.1) is 0 Å². The van der Waals surface area contributed by atoms with E-state index in [1.54, 1.807) is 6.07 Å². The maximum Gasteiger partial charge on any atom is 0.0946 e. The Morgan fingerprint density at radius 3 is 2.41 bits per heavy atom. The molecule has 27 heavy (non-hydrogen) atoms. The Morgan fingerprint density at radius 2 is 1.81 bits per heavy atom. The third kappa shape index (κ3) is 3.54. The lowest BCUT2D eigenvalue weighted by molar-refractivity contribution is -0.151. The third-order valence-corrected chi connectivity index (χ3v) is 7.75. The highest BCUT2D eigenvalue weighted by Crippen LogP contribution is 2.62. The summed E-state index contributed by atoms with van der Waals surface area (Å²) in [5, 5.41) is 1.36. The van der Waals surface area contributed by atoms with Crippen LogP contribution < -0.4 is 0 Å². The minimum atomic E-state index is 0.201. The molecular formula is C22H26Cl2N2O. The second-order valence-electron chi connectivity index (χ2n) is 9.07. The summed E-state index contributed by atoms with van der Waals surface area (Å²) in [7, 11) is 0.